The molecule has 1 aliphatic carbocycles. The predicted octanol–water partition coefficient (Wildman–Crippen LogP) is 3.43. The predicted molar refractivity (Wildman–Crippen MR) is 66.1 cm³/mol. The van der Waals surface area contributed by atoms with Gasteiger partial charge in [0.15, 0.2) is 0 Å². The van der Waals surface area contributed by atoms with Gasteiger partial charge >= 0.3 is 97.6 Å². The number of nitrogens with two attached hydrogens (primary N) is 1. The van der Waals surface area contributed by atoms with Crippen LogP contribution in [0.25, 0.3) is 0 Å². The van der Waals surface area contributed by atoms with Crippen LogP contribution in [0, 0.1) is 5.92 Å². The molecule has 0 aromatic heterocycles. The second-order valence-corrected chi connectivity index (χ2v) is 17.1. The molecule has 0 bridgehead atoms. The van der Waals surface area contributed by atoms with E-state index in [9.17, 15) is 0 Å². The Hall–Kier alpha value is 0.830. The first-order chi connectivity index (χ1) is 6.65. The fraction of sp³-hybridized carbons (Fsp3) is 1.00. The molecule has 0 radical (unpaired) electrons. The fourth-order valence-electron chi connectivity index (χ4n) is 3.34. The Morgan fingerprint density at radius 2 is 2.21 bits per heavy atom. The zero-order valence-electron chi connectivity index (χ0n) is 10.2. The summed E-state index contributed by atoms with van der Waals surface area (Å²) in [6, 6.07) is 0. The van der Waals surface area contributed by atoms with Gasteiger partial charge in [-0.25, -0.2) is 0 Å². The fourth-order valence-corrected chi connectivity index (χ4v) is 15.6. The topological polar surface area (TPSA) is 26.0 Å². The van der Waals surface area contributed by atoms with Gasteiger partial charge in [-0.1, -0.05) is 0 Å². The Morgan fingerprint density at radius 1 is 1.50 bits per heavy atom. The first-order valence-corrected chi connectivity index (χ1v) is 12.7. The van der Waals surface area contributed by atoms with E-state index in [1.165, 1.54) is 25.7 Å². The van der Waals surface area contributed by atoms with E-state index in [0.29, 0.717) is 0 Å². The van der Waals surface area contributed by atoms with Gasteiger partial charge in [0.05, 0.1) is 0 Å². The van der Waals surface area contributed by atoms with E-state index in [0.717, 1.165) is 15.6 Å². The van der Waals surface area contributed by atoms with Crippen LogP contribution in [0.3, 0.4) is 0 Å². The molecule has 0 spiro atoms. The SMILES string of the molecule is C[CH2][In]([CH2]CCN)[C]1(C)CCCC1C. The Bertz CT molecular complexity index is 172. The van der Waals surface area contributed by atoms with Gasteiger partial charge in [0.1, 0.15) is 0 Å². The molecule has 0 heterocycles. The summed E-state index contributed by atoms with van der Waals surface area (Å²) in [5.41, 5.74) is 5.64. The summed E-state index contributed by atoms with van der Waals surface area (Å²) in [6.45, 7) is 8.45. The standard InChI is InChI=1S/C7H13.C3H8N.C2H5.In/c1-6-4-3-5-7(6)2;1-2-3-4;1-2;/h6H,3-5H2,1-2H3;1-4H2;1H2,2H3;. The Morgan fingerprint density at radius 3 is 2.64 bits per heavy atom. The van der Waals surface area contributed by atoms with E-state index in [4.69, 9.17) is 5.73 Å². The van der Waals surface area contributed by atoms with Crippen LogP contribution in [0.4, 0.5) is 0 Å². The third kappa shape index (κ3) is 2.69. The maximum absolute atomic E-state index is 5.64. The molecular weight excluding hydrogens is 273 g/mol. The van der Waals surface area contributed by atoms with Gasteiger partial charge in [0, 0.05) is 0 Å². The normalized spacial score (nSPS) is 32.1. The van der Waals surface area contributed by atoms with E-state index in [1.807, 2.05) is 0 Å². The van der Waals surface area contributed by atoms with Crippen LogP contribution in [-0.4, -0.2) is 28.0 Å². The molecule has 2 unspecified atom stereocenters. The zero-order valence-corrected chi connectivity index (χ0v) is 13.5. The van der Waals surface area contributed by atoms with Crippen LogP contribution in [0.15, 0.2) is 0 Å². The molecule has 1 saturated carbocycles. The molecule has 0 amide bonds. The third-order valence-electron chi connectivity index (χ3n) is 4.66. The molecule has 1 rings (SSSR count). The third-order valence-corrected chi connectivity index (χ3v) is 18.4. The first kappa shape index (κ1) is 12.9. The van der Waals surface area contributed by atoms with Gasteiger partial charge in [-0.3, -0.25) is 0 Å². The van der Waals surface area contributed by atoms with Crippen molar-refractivity contribution < 1.29 is 0 Å². The first-order valence-electron chi connectivity index (χ1n) is 6.35. The van der Waals surface area contributed by atoms with Crippen molar-refractivity contribution in [3.05, 3.63) is 0 Å². The minimum absolute atomic E-state index is 0.825. The summed E-state index contributed by atoms with van der Waals surface area (Å²) in [4.78, 5) is 0. The second kappa shape index (κ2) is 5.79. The molecule has 0 saturated heterocycles. The monoisotopic (exact) mass is 299 g/mol. The Labute approximate surface area is 97.4 Å². The van der Waals surface area contributed by atoms with Gasteiger partial charge in [0.2, 0.25) is 0 Å². The van der Waals surface area contributed by atoms with E-state index < -0.39 is 21.4 Å². The Kier molecular flexibility index (Phi) is 5.33. The zero-order chi connectivity index (χ0) is 10.6. The van der Waals surface area contributed by atoms with Crippen molar-refractivity contribution >= 4 is 21.4 Å². The summed E-state index contributed by atoms with van der Waals surface area (Å²) >= 11 is -1.27. The molecule has 1 aliphatic rings. The molecule has 2 atom stereocenters. The molecule has 0 aromatic carbocycles. The van der Waals surface area contributed by atoms with Crippen LogP contribution in [0.2, 0.25) is 11.5 Å². The second-order valence-electron chi connectivity index (χ2n) is 5.34. The van der Waals surface area contributed by atoms with Crippen LogP contribution in [0.1, 0.15) is 46.5 Å². The number of hydrogen-bond acceptors (Lipinski definition) is 1. The van der Waals surface area contributed by atoms with Crippen LogP contribution in [-0.2, 0) is 0 Å². The van der Waals surface area contributed by atoms with Crippen molar-refractivity contribution in [1.82, 2.24) is 0 Å². The summed E-state index contributed by atoms with van der Waals surface area (Å²) in [5, 5.41) is 0. The quantitative estimate of drug-likeness (QED) is 0.827. The molecule has 1 fully saturated rings. The van der Waals surface area contributed by atoms with Crippen molar-refractivity contribution in [3.8, 4) is 0 Å². The summed E-state index contributed by atoms with van der Waals surface area (Å²) in [5.74, 6) is 1.01. The molecule has 82 valence electrons. The summed E-state index contributed by atoms with van der Waals surface area (Å²) in [6.07, 6.45) is 5.82. The molecular formula is C12H26InN. The van der Waals surface area contributed by atoms with Crippen LogP contribution in [0.5, 0.6) is 0 Å². The van der Waals surface area contributed by atoms with Gasteiger partial charge in [-0.2, -0.15) is 0 Å². The van der Waals surface area contributed by atoms with Crippen molar-refractivity contribution in [3.63, 3.8) is 0 Å². The van der Waals surface area contributed by atoms with Gasteiger partial charge in [-0.15, -0.1) is 0 Å². The average Bonchev–Trinajstić information content (AvgIpc) is 2.49. The Balaban J connectivity index is 2.57. The van der Waals surface area contributed by atoms with Crippen LogP contribution < -0.4 is 5.73 Å². The van der Waals surface area contributed by atoms with E-state index in [1.54, 1.807) is 8.35 Å². The van der Waals surface area contributed by atoms with Crippen molar-refractivity contribution in [2.24, 2.45) is 11.7 Å². The molecule has 0 aliphatic heterocycles. The van der Waals surface area contributed by atoms with Gasteiger partial charge in [0.25, 0.3) is 0 Å². The molecule has 1 nitrogen and oxygen atoms in total. The van der Waals surface area contributed by atoms with Gasteiger partial charge in [-0.05, 0) is 0 Å². The van der Waals surface area contributed by atoms with Crippen molar-refractivity contribution in [2.45, 2.75) is 58.0 Å². The minimum atomic E-state index is -1.27. The number of hydrogen-bond donors (Lipinski definition) is 1. The van der Waals surface area contributed by atoms with Crippen molar-refractivity contribution in [1.29, 1.82) is 0 Å². The molecule has 2 N–H and O–H groups in total. The summed E-state index contributed by atoms with van der Waals surface area (Å²) < 4.78 is 3.92. The number of rotatable bonds is 5. The average molecular weight is 299 g/mol. The van der Waals surface area contributed by atoms with E-state index in [2.05, 4.69) is 20.8 Å². The van der Waals surface area contributed by atoms with Crippen LogP contribution >= 0.6 is 0 Å². The van der Waals surface area contributed by atoms with Gasteiger partial charge < -0.3 is 0 Å². The molecule has 2 heteroatoms. The maximum atomic E-state index is 5.64. The van der Waals surface area contributed by atoms with Crippen molar-refractivity contribution in [2.75, 3.05) is 6.54 Å². The van der Waals surface area contributed by atoms with E-state index >= 15 is 0 Å². The van der Waals surface area contributed by atoms with E-state index in [-0.39, 0.29) is 0 Å². The summed E-state index contributed by atoms with van der Waals surface area (Å²) in [7, 11) is 0. The molecule has 0 aromatic rings. The molecule has 14 heavy (non-hydrogen) atoms.